The molecule has 0 atom stereocenters. The Labute approximate surface area is 168 Å². The highest BCUT2D eigenvalue weighted by molar-refractivity contribution is 5.87. The molecular formula is C24H30N2O2. The smallest absolute Gasteiger partial charge is 0.234 e. The van der Waals surface area contributed by atoms with E-state index >= 15 is 0 Å². The molecule has 1 fully saturated rings. The fourth-order valence-electron chi connectivity index (χ4n) is 3.99. The van der Waals surface area contributed by atoms with Crippen LogP contribution in [-0.2, 0) is 9.59 Å². The van der Waals surface area contributed by atoms with Gasteiger partial charge in [-0.25, -0.2) is 0 Å². The van der Waals surface area contributed by atoms with Gasteiger partial charge in [-0.3, -0.25) is 9.59 Å². The number of benzene rings is 2. The average Bonchev–Trinajstić information content (AvgIpc) is 2.76. The number of amides is 2. The first-order valence-electron chi connectivity index (χ1n) is 10.3. The van der Waals surface area contributed by atoms with Crippen LogP contribution in [-0.4, -0.2) is 47.8 Å². The van der Waals surface area contributed by atoms with E-state index in [1.165, 1.54) is 0 Å². The van der Waals surface area contributed by atoms with Crippen LogP contribution in [0.5, 0.6) is 0 Å². The van der Waals surface area contributed by atoms with Crippen molar-refractivity contribution in [3.05, 3.63) is 71.8 Å². The van der Waals surface area contributed by atoms with Gasteiger partial charge in [-0.1, -0.05) is 74.5 Å². The molecule has 0 bridgehead atoms. The van der Waals surface area contributed by atoms with Crippen LogP contribution < -0.4 is 0 Å². The summed E-state index contributed by atoms with van der Waals surface area (Å²) in [4.78, 5) is 29.9. The number of nitrogens with zero attached hydrogens (tertiary/aromatic N) is 2. The Hall–Kier alpha value is -2.62. The lowest BCUT2D eigenvalue weighted by atomic mass is 9.90. The van der Waals surface area contributed by atoms with E-state index in [4.69, 9.17) is 0 Å². The third kappa shape index (κ3) is 4.44. The molecule has 28 heavy (non-hydrogen) atoms. The van der Waals surface area contributed by atoms with Crippen molar-refractivity contribution >= 4 is 11.8 Å². The summed E-state index contributed by atoms with van der Waals surface area (Å²) in [6.45, 7) is 6.57. The number of piperazine rings is 1. The maximum atomic E-state index is 13.4. The minimum Gasteiger partial charge on any atom is -0.339 e. The lowest BCUT2D eigenvalue weighted by molar-refractivity contribution is -0.142. The lowest BCUT2D eigenvalue weighted by Gasteiger charge is -2.38. The molecule has 0 spiro atoms. The number of hydrogen-bond acceptors (Lipinski definition) is 2. The Morgan fingerprint density at radius 1 is 0.714 bits per heavy atom. The third-order valence-corrected chi connectivity index (χ3v) is 5.75. The molecule has 1 aliphatic rings. The minimum absolute atomic E-state index is 0.101. The molecule has 2 aromatic carbocycles. The Morgan fingerprint density at radius 2 is 1.11 bits per heavy atom. The Bertz CT molecular complexity index is 724. The maximum Gasteiger partial charge on any atom is 0.234 e. The molecule has 2 aromatic rings. The van der Waals surface area contributed by atoms with E-state index in [0.29, 0.717) is 26.2 Å². The largest absolute Gasteiger partial charge is 0.339 e. The molecule has 0 aromatic heterocycles. The predicted octanol–water partition coefficient (Wildman–Crippen LogP) is 3.93. The van der Waals surface area contributed by atoms with E-state index in [-0.39, 0.29) is 23.7 Å². The highest BCUT2D eigenvalue weighted by Crippen LogP contribution is 2.27. The highest BCUT2D eigenvalue weighted by Gasteiger charge is 2.31. The quantitative estimate of drug-likeness (QED) is 0.764. The van der Waals surface area contributed by atoms with Gasteiger partial charge in [-0.2, -0.15) is 0 Å². The second-order valence-electron chi connectivity index (χ2n) is 7.42. The first kappa shape index (κ1) is 20.1. The summed E-state index contributed by atoms with van der Waals surface area (Å²) in [5.74, 6) is 0.152. The van der Waals surface area contributed by atoms with Crippen LogP contribution >= 0.6 is 0 Å². The van der Waals surface area contributed by atoms with Crippen LogP contribution in [0.3, 0.4) is 0 Å². The monoisotopic (exact) mass is 378 g/mol. The predicted molar refractivity (Wildman–Crippen MR) is 112 cm³/mol. The lowest BCUT2D eigenvalue weighted by Crippen LogP contribution is -2.52. The van der Waals surface area contributed by atoms with Crippen LogP contribution in [0.4, 0.5) is 0 Å². The number of hydrogen-bond donors (Lipinski definition) is 0. The molecule has 0 saturated carbocycles. The molecule has 1 saturated heterocycles. The molecule has 148 valence electrons. The maximum absolute atomic E-state index is 13.4. The highest BCUT2D eigenvalue weighted by atomic mass is 16.2. The normalized spacial score (nSPS) is 14.6. The molecule has 3 rings (SSSR count). The topological polar surface area (TPSA) is 40.6 Å². The summed E-state index contributed by atoms with van der Waals surface area (Å²) in [7, 11) is 0. The molecule has 1 aliphatic heterocycles. The van der Waals surface area contributed by atoms with Crippen molar-refractivity contribution < 1.29 is 9.59 Å². The zero-order valence-electron chi connectivity index (χ0n) is 16.9. The standard InChI is InChI=1S/C24H30N2O2/c1-3-19(4-2)23(27)25-15-17-26(18-16-25)24(28)22(20-11-7-5-8-12-20)21-13-9-6-10-14-21/h5-14,19,22H,3-4,15-18H2,1-2H3. The first-order valence-corrected chi connectivity index (χ1v) is 10.3. The van der Waals surface area contributed by atoms with Crippen molar-refractivity contribution in [2.24, 2.45) is 5.92 Å². The molecule has 0 radical (unpaired) electrons. The summed E-state index contributed by atoms with van der Waals surface area (Å²) in [6, 6.07) is 19.9. The summed E-state index contributed by atoms with van der Waals surface area (Å²) in [6.07, 6.45) is 1.75. The van der Waals surface area contributed by atoms with E-state index in [9.17, 15) is 9.59 Å². The molecule has 2 amide bonds. The summed E-state index contributed by atoms with van der Waals surface area (Å²) < 4.78 is 0. The van der Waals surface area contributed by atoms with E-state index in [1.54, 1.807) is 0 Å². The fourth-order valence-corrected chi connectivity index (χ4v) is 3.99. The van der Waals surface area contributed by atoms with E-state index in [2.05, 4.69) is 13.8 Å². The van der Waals surface area contributed by atoms with Crippen LogP contribution in [0, 0.1) is 5.92 Å². The van der Waals surface area contributed by atoms with Gasteiger partial charge in [0.15, 0.2) is 0 Å². The van der Waals surface area contributed by atoms with Gasteiger partial charge >= 0.3 is 0 Å². The van der Waals surface area contributed by atoms with Gasteiger partial charge in [0.2, 0.25) is 11.8 Å². The van der Waals surface area contributed by atoms with Crippen molar-refractivity contribution in [1.29, 1.82) is 0 Å². The molecule has 4 heteroatoms. The van der Waals surface area contributed by atoms with Gasteiger partial charge in [-0.15, -0.1) is 0 Å². The Kier molecular flexibility index (Phi) is 6.85. The Morgan fingerprint density at radius 3 is 1.50 bits per heavy atom. The molecule has 0 N–H and O–H groups in total. The van der Waals surface area contributed by atoms with Crippen molar-refractivity contribution in [1.82, 2.24) is 9.80 Å². The van der Waals surface area contributed by atoms with Gasteiger partial charge in [0.25, 0.3) is 0 Å². The fraction of sp³-hybridized carbons (Fsp3) is 0.417. The minimum atomic E-state index is -0.302. The molecule has 0 aliphatic carbocycles. The van der Waals surface area contributed by atoms with Crippen LogP contribution in [0.1, 0.15) is 43.7 Å². The summed E-state index contributed by atoms with van der Waals surface area (Å²) >= 11 is 0. The zero-order valence-corrected chi connectivity index (χ0v) is 16.9. The molecule has 4 nitrogen and oxygen atoms in total. The second-order valence-corrected chi connectivity index (χ2v) is 7.42. The van der Waals surface area contributed by atoms with Gasteiger partial charge < -0.3 is 9.80 Å². The van der Waals surface area contributed by atoms with Gasteiger partial charge in [0.1, 0.15) is 0 Å². The third-order valence-electron chi connectivity index (χ3n) is 5.75. The van der Waals surface area contributed by atoms with Crippen molar-refractivity contribution in [2.75, 3.05) is 26.2 Å². The number of carbonyl (C=O) groups excluding carboxylic acids is 2. The summed E-state index contributed by atoms with van der Waals surface area (Å²) in [5, 5.41) is 0. The van der Waals surface area contributed by atoms with E-state index in [1.807, 2.05) is 70.5 Å². The van der Waals surface area contributed by atoms with Crippen molar-refractivity contribution in [3.63, 3.8) is 0 Å². The van der Waals surface area contributed by atoms with Crippen LogP contribution in [0.15, 0.2) is 60.7 Å². The first-order chi connectivity index (χ1) is 13.7. The number of rotatable bonds is 6. The van der Waals surface area contributed by atoms with Crippen molar-refractivity contribution in [3.8, 4) is 0 Å². The average molecular weight is 379 g/mol. The summed E-state index contributed by atoms with van der Waals surface area (Å²) in [5.41, 5.74) is 2.02. The van der Waals surface area contributed by atoms with Crippen LogP contribution in [0.2, 0.25) is 0 Å². The Balaban J connectivity index is 1.74. The molecule has 0 unspecified atom stereocenters. The van der Waals surface area contributed by atoms with E-state index in [0.717, 1.165) is 24.0 Å². The van der Waals surface area contributed by atoms with Gasteiger partial charge in [0, 0.05) is 32.1 Å². The number of carbonyl (C=O) groups is 2. The molecule has 1 heterocycles. The van der Waals surface area contributed by atoms with Crippen LogP contribution in [0.25, 0.3) is 0 Å². The van der Waals surface area contributed by atoms with Gasteiger partial charge in [-0.05, 0) is 24.0 Å². The molecular weight excluding hydrogens is 348 g/mol. The van der Waals surface area contributed by atoms with Crippen molar-refractivity contribution in [2.45, 2.75) is 32.6 Å². The SMILES string of the molecule is CCC(CC)C(=O)N1CCN(C(=O)C(c2ccccc2)c2ccccc2)CC1. The zero-order chi connectivity index (χ0) is 19.9. The second kappa shape index (κ2) is 9.54. The van der Waals surface area contributed by atoms with Gasteiger partial charge in [0.05, 0.1) is 5.92 Å². The van der Waals surface area contributed by atoms with E-state index < -0.39 is 0 Å².